The molecule has 0 spiro atoms. The lowest BCUT2D eigenvalue weighted by atomic mass is 10.1. The van der Waals surface area contributed by atoms with Crippen molar-refractivity contribution in [3.8, 4) is 5.75 Å². The van der Waals surface area contributed by atoms with Gasteiger partial charge in [0.05, 0.1) is 12.1 Å². The van der Waals surface area contributed by atoms with Gasteiger partial charge in [-0.25, -0.2) is 9.59 Å². The molecule has 1 aliphatic rings. The predicted molar refractivity (Wildman–Crippen MR) is 169 cm³/mol. The van der Waals surface area contributed by atoms with Crippen LogP contribution in [0, 0.1) is 0 Å². The first kappa shape index (κ1) is 33.0. The Morgan fingerprint density at radius 1 is 1.13 bits per heavy atom. The quantitative estimate of drug-likeness (QED) is 0.254. The Morgan fingerprint density at radius 3 is 2.56 bits per heavy atom. The van der Waals surface area contributed by atoms with Gasteiger partial charge in [0.25, 0.3) is 11.5 Å². The topological polar surface area (TPSA) is 159 Å². The van der Waals surface area contributed by atoms with Crippen LogP contribution in [0.25, 0.3) is 11.2 Å². The lowest BCUT2D eigenvalue weighted by Crippen LogP contribution is -2.49. The van der Waals surface area contributed by atoms with Gasteiger partial charge in [0.1, 0.15) is 11.4 Å². The fraction of sp³-hybridized carbons (Fsp3) is 0.484. The van der Waals surface area contributed by atoms with E-state index in [0.717, 1.165) is 17.4 Å². The van der Waals surface area contributed by atoms with Gasteiger partial charge in [-0.1, -0.05) is 24.3 Å². The summed E-state index contributed by atoms with van der Waals surface area (Å²) in [7, 11) is 2.98. The highest BCUT2D eigenvalue weighted by Crippen LogP contribution is 2.24. The fourth-order valence-electron chi connectivity index (χ4n) is 5.14. The molecule has 0 aliphatic carbocycles. The van der Waals surface area contributed by atoms with Crippen LogP contribution in [-0.2, 0) is 29.7 Å². The maximum absolute atomic E-state index is 14.0. The highest BCUT2D eigenvalue weighted by Gasteiger charge is 2.29. The first-order valence-corrected chi connectivity index (χ1v) is 14.9. The van der Waals surface area contributed by atoms with Crippen molar-refractivity contribution in [2.24, 2.45) is 7.05 Å². The molecule has 1 aliphatic heterocycles. The molecule has 14 heteroatoms. The van der Waals surface area contributed by atoms with Gasteiger partial charge in [0, 0.05) is 39.8 Å². The number of piperidine rings is 1. The molecule has 1 saturated heterocycles. The molecule has 2 amide bonds. The number of rotatable bonds is 10. The molecular weight excluding hydrogens is 582 g/mol. The zero-order valence-electron chi connectivity index (χ0n) is 26.6. The number of fused-ring (bicyclic) bond motifs is 1. The molecule has 242 valence electrons. The zero-order chi connectivity index (χ0) is 32.9. The molecule has 4 rings (SSSR count). The molecule has 2 aromatic heterocycles. The first-order chi connectivity index (χ1) is 21.3. The number of carbonyl (C=O) groups is 3. The molecule has 3 aromatic rings. The van der Waals surface area contributed by atoms with Crippen LogP contribution in [0.2, 0.25) is 0 Å². The molecule has 2 N–H and O–H groups in total. The number of hydrogen-bond acceptors (Lipinski definition) is 9. The van der Waals surface area contributed by atoms with Gasteiger partial charge in [0.15, 0.2) is 23.6 Å². The molecule has 45 heavy (non-hydrogen) atoms. The molecule has 1 atom stereocenters. The minimum atomic E-state index is -0.699. The van der Waals surface area contributed by atoms with Crippen molar-refractivity contribution in [1.29, 1.82) is 0 Å². The number of para-hydroxylation sites is 1. The van der Waals surface area contributed by atoms with Crippen molar-refractivity contribution < 1.29 is 23.9 Å². The summed E-state index contributed by atoms with van der Waals surface area (Å²) in [6.07, 6.45) is 4.70. The van der Waals surface area contributed by atoms with Crippen molar-refractivity contribution in [3.05, 3.63) is 62.8 Å². The Hall–Kier alpha value is -4.88. The van der Waals surface area contributed by atoms with Crippen LogP contribution in [0.3, 0.4) is 0 Å². The Bertz CT molecular complexity index is 1730. The van der Waals surface area contributed by atoms with Crippen molar-refractivity contribution >= 4 is 34.9 Å². The third-order valence-electron chi connectivity index (χ3n) is 7.29. The number of nitrogens with zero attached hydrogens (tertiary/aromatic N) is 5. The molecule has 0 saturated carbocycles. The maximum atomic E-state index is 14.0. The van der Waals surface area contributed by atoms with Crippen molar-refractivity contribution in [2.75, 3.05) is 31.6 Å². The smallest absolute Gasteiger partial charge is 0.407 e. The van der Waals surface area contributed by atoms with Gasteiger partial charge in [-0.3, -0.25) is 23.5 Å². The molecule has 0 radical (unpaired) electrons. The number of alkyl carbamates (subject to hydrolysis) is 1. The van der Waals surface area contributed by atoms with Crippen LogP contribution in [0.15, 0.2) is 46.0 Å². The van der Waals surface area contributed by atoms with E-state index in [-0.39, 0.29) is 41.0 Å². The summed E-state index contributed by atoms with van der Waals surface area (Å²) in [5.74, 6) is -0.272. The molecule has 0 bridgehead atoms. The van der Waals surface area contributed by atoms with Crippen molar-refractivity contribution in [1.82, 2.24) is 29.3 Å². The number of ketones is 1. The second-order valence-corrected chi connectivity index (χ2v) is 11.8. The highest BCUT2D eigenvalue weighted by atomic mass is 16.6. The number of aryl methyl sites for hydroxylation is 1. The van der Waals surface area contributed by atoms with Crippen LogP contribution in [-0.4, -0.2) is 74.9 Å². The number of nitrogens with one attached hydrogen (secondary N) is 2. The lowest BCUT2D eigenvalue weighted by molar-refractivity contribution is -0.122. The van der Waals surface area contributed by atoms with Crippen LogP contribution < -0.4 is 31.5 Å². The summed E-state index contributed by atoms with van der Waals surface area (Å²) < 4.78 is 14.8. The molecule has 3 heterocycles. The monoisotopic (exact) mass is 623 g/mol. The molecule has 14 nitrogen and oxygen atoms in total. The maximum Gasteiger partial charge on any atom is 0.407 e. The molecular formula is C31H41N7O7. The largest absolute Gasteiger partial charge is 0.483 e. The summed E-state index contributed by atoms with van der Waals surface area (Å²) in [5.41, 5.74) is -1.50. The summed E-state index contributed by atoms with van der Waals surface area (Å²) in [4.78, 5) is 71.7. The number of ether oxygens (including phenoxy) is 2. The van der Waals surface area contributed by atoms with E-state index in [0.29, 0.717) is 25.6 Å². The van der Waals surface area contributed by atoms with E-state index in [4.69, 9.17) is 14.5 Å². The average Bonchev–Trinajstić information content (AvgIpc) is 3.38. The summed E-state index contributed by atoms with van der Waals surface area (Å²) in [5, 5.41) is 5.37. The van der Waals surface area contributed by atoms with Crippen LogP contribution in [0.1, 0.15) is 50.9 Å². The number of anilines is 1. The van der Waals surface area contributed by atoms with E-state index in [2.05, 4.69) is 10.6 Å². The molecule has 1 fully saturated rings. The van der Waals surface area contributed by atoms with Gasteiger partial charge in [-0.15, -0.1) is 0 Å². The van der Waals surface area contributed by atoms with E-state index >= 15 is 0 Å². The zero-order valence-corrected chi connectivity index (χ0v) is 26.6. The van der Waals surface area contributed by atoms with E-state index in [9.17, 15) is 24.0 Å². The summed E-state index contributed by atoms with van der Waals surface area (Å²) >= 11 is 0. The number of benzene rings is 1. The molecule has 1 aromatic carbocycles. The van der Waals surface area contributed by atoms with Crippen LogP contribution in [0.4, 0.5) is 10.7 Å². The standard InChI is InChI=1S/C31H41N7O7/c1-7-8-16-37-25-26(34-28(37)36-15-11-12-20(17-36)33-29(42)45-31(2,3)4)35(6)30(43)38(27(25)41)18-22(39)21-13-9-10-14-23(21)44-19-24(40)32-5/h7-10,13-14,20H,11-12,15-19H2,1-6H3,(H,32,40)(H,33,42)/t20-/m0/s1. The van der Waals surface area contributed by atoms with Gasteiger partial charge in [-0.05, 0) is 52.7 Å². The summed E-state index contributed by atoms with van der Waals surface area (Å²) in [6.45, 7) is 7.75. The van der Waals surface area contributed by atoms with Gasteiger partial charge < -0.3 is 29.6 Å². The number of amides is 2. The van der Waals surface area contributed by atoms with Crippen molar-refractivity contribution in [2.45, 2.75) is 65.3 Å². The number of allylic oxidation sites excluding steroid dienone is 2. The van der Waals surface area contributed by atoms with E-state index in [1.807, 2.05) is 24.0 Å². The van der Waals surface area contributed by atoms with E-state index in [1.54, 1.807) is 43.5 Å². The van der Waals surface area contributed by atoms with E-state index in [1.165, 1.54) is 24.7 Å². The number of likely N-dealkylation sites (N-methyl/N-ethyl adjacent to an activating group) is 1. The minimum Gasteiger partial charge on any atom is -0.483 e. The van der Waals surface area contributed by atoms with Gasteiger partial charge in [-0.2, -0.15) is 4.98 Å². The van der Waals surface area contributed by atoms with Crippen LogP contribution >= 0.6 is 0 Å². The number of hydrogen-bond donors (Lipinski definition) is 2. The second-order valence-electron chi connectivity index (χ2n) is 11.8. The fourth-order valence-corrected chi connectivity index (χ4v) is 5.14. The number of carbonyl (C=O) groups excluding carboxylic acids is 3. The van der Waals surface area contributed by atoms with E-state index < -0.39 is 35.3 Å². The van der Waals surface area contributed by atoms with Crippen LogP contribution in [0.5, 0.6) is 5.75 Å². The number of aromatic nitrogens is 4. The normalized spacial score (nSPS) is 15.3. The lowest BCUT2D eigenvalue weighted by Gasteiger charge is -2.34. The van der Waals surface area contributed by atoms with Gasteiger partial charge >= 0.3 is 11.8 Å². The summed E-state index contributed by atoms with van der Waals surface area (Å²) in [6, 6.07) is 6.13. The Kier molecular flexibility index (Phi) is 10.1. The second kappa shape index (κ2) is 13.8. The Morgan fingerprint density at radius 2 is 1.87 bits per heavy atom. The first-order valence-electron chi connectivity index (χ1n) is 14.9. The SMILES string of the molecule is CC=CCn1c(N2CCC[C@H](NC(=O)OC(C)(C)C)C2)nc2c1c(=O)n(CC(=O)c1ccccc1OCC(=O)NC)c(=O)n2C. The third-order valence-corrected chi connectivity index (χ3v) is 7.29. The predicted octanol–water partition coefficient (Wildman–Crippen LogP) is 1.97. The minimum absolute atomic E-state index is 0.135. The van der Waals surface area contributed by atoms with Crippen molar-refractivity contribution in [3.63, 3.8) is 0 Å². The Labute approximate surface area is 260 Å². The molecule has 0 unspecified atom stereocenters. The number of imidazole rings is 1. The van der Waals surface area contributed by atoms with Gasteiger partial charge in [0.2, 0.25) is 5.95 Å². The third kappa shape index (κ3) is 7.62. The average molecular weight is 624 g/mol. The Balaban J connectivity index is 1.71. The number of Topliss-reactive ketones (excluding diaryl/α,β-unsaturated/α-hetero) is 1. The highest BCUT2D eigenvalue weighted by molar-refractivity contribution is 5.98.